The SMILES string of the molecule is CC(C)C1C(=O)N(O)C(=O)C1C(C)C. The largest absolute Gasteiger partial charge is 0.278 e. The fourth-order valence-electron chi connectivity index (χ4n) is 2.10. The Morgan fingerprint density at radius 2 is 1.29 bits per heavy atom. The number of hydroxylamine groups is 2. The van der Waals surface area contributed by atoms with Gasteiger partial charge in [-0.25, -0.2) is 0 Å². The van der Waals surface area contributed by atoms with Crippen LogP contribution in [-0.2, 0) is 9.59 Å². The molecule has 1 heterocycles. The fourth-order valence-corrected chi connectivity index (χ4v) is 2.10. The van der Waals surface area contributed by atoms with Crippen molar-refractivity contribution in [3.63, 3.8) is 0 Å². The highest BCUT2D eigenvalue weighted by Crippen LogP contribution is 2.35. The second-order valence-corrected chi connectivity index (χ2v) is 4.53. The molecule has 0 saturated carbocycles. The van der Waals surface area contributed by atoms with Crippen LogP contribution in [0.3, 0.4) is 0 Å². The van der Waals surface area contributed by atoms with E-state index in [9.17, 15) is 14.8 Å². The number of amides is 2. The Bertz CT molecular complexity index is 234. The van der Waals surface area contributed by atoms with Crippen molar-refractivity contribution in [2.75, 3.05) is 0 Å². The summed E-state index contributed by atoms with van der Waals surface area (Å²) in [5.41, 5.74) is 0. The molecule has 1 aliphatic heterocycles. The average molecular weight is 199 g/mol. The van der Waals surface area contributed by atoms with E-state index in [1.54, 1.807) is 0 Å². The molecule has 4 nitrogen and oxygen atoms in total. The molecule has 1 rings (SSSR count). The highest BCUT2D eigenvalue weighted by molar-refractivity contribution is 6.03. The second-order valence-electron chi connectivity index (χ2n) is 4.53. The molecule has 0 spiro atoms. The van der Waals surface area contributed by atoms with Crippen LogP contribution in [-0.4, -0.2) is 22.1 Å². The van der Waals surface area contributed by atoms with Crippen LogP contribution in [0.5, 0.6) is 0 Å². The zero-order valence-corrected chi connectivity index (χ0v) is 9.02. The molecular weight excluding hydrogens is 182 g/mol. The first kappa shape index (κ1) is 11.2. The van der Waals surface area contributed by atoms with E-state index in [0.717, 1.165) is 0 Å². The molecule has 1 N–H and O–H groups in total. The van der Waals surface area contributed by atoms with E-state index >= 15 is 0 Å². The molecule has 0 aromatic heterocycles. The molecule has 0 aromatic rings. The van der Waals surface area contributed by atoms with Crippen molar-refractivity contribution in [1.29, 1.82) is 0 Å². The van der Waals surface area contributed by atoms with Crippen LogP contribution in [0.4, 0.5) is 0 Å². The van der Waals surface area contributed by atoms with Crippen LogP contribution in [0.15, 0.2) is 0 Å². The number of carbonyl (C=O) groups is 2. The molecule has 0 bridgehead atoms. The van der Waals surface area contributed by atoms with Gasteiger partial charge in [-0.05, 0) is 11.8 Å². The Kier molecular flexibility index (Phi) is 2.95. The zero-order valence-electron chi connectivity index (χ0n) is 9.02. The molecule has 4 heteroatoms. The maximum Gasteiger partial charge on any atom is 0.257 e. The van der Waals surface area contributed by atoms with Crippen molar-refractivity contribution in [2.24, 2.45) is 23.7 Å². The number of hydrogen-bond donors (Lipinski definition) is 1. The molecule has 2 atom stereocenters. The topological polar surface area (TPSA) is 57.6 Å². The smallest absolute Gasteiger partial charge is 0.257 e. The number of imide groups is 1. The van der Waals surface area contributed by atoms with E-state index in [2.05, 4.69) is 0 Å². The monoisotopic (exact) mass is 199 g/mol. The molecular formula is C10H17NO3. The Morgan fingerprint density at radius 3 is 1.50 bits per heavy atom. The van der Waals surface area contributed by atoms with Crippen LogP contribution in [0, 0.1) is 23.7 Å². The van der Waals surface area contributed by atoms with Gasteiger partial charge in [0.15, 0.2) is 0 Å². The minimum Gasteiger partial charge on any atom is -0.278 e. The van der Waals surface area contributed by atoms with Crippen molar-refractivity contribution < 1.29 is 14.8 Å². The Labute approximate surface area is 83.8 Å². The number of nitrogens with zero attached hydrogens (tertiary/aromatic N) is 1. The van der Waals surface area contributed by atoms with Crippen molar-refractivity contribution >= 4 is 11.8 Å². The Hall–Kier alpha value is -0.900. The number of rotatable bonds is 2. The number of hydrogen-bond acceptors (Lipinski definition) is 3. The van der Waals surface area contributed by atoms with Gasteiger partial charge in [-0.1, -0.05) is 27.7 Å². The Balaban J connectivity index is 3.01. The average Bonchev–Trinajstić information content (AvgIpc) is 2.29. The molecule has 0 radical (unpaired) electrons. The summed E-state index contributed by atoms with van der Waals surface area (Å²) in [7, 11) is 0. The maximum atomic E-state index is 11.5. The predicted molar refractivity (Wildman–Crippen MR) is 50.3 cm³/mol. The first-order valence-corrected chi connectivity index (χ1v) is 4.94. The van der Waals surface area contributed by atoms with Crippen LogP contribution >= 0.6 is 0 Å². The molecule has 1 saturated heterocycles. The third-order valence-corrected chi connectivity index (χ3v) is 2.81. The summed E-state index contributed by atoms with van der Waals surface area (Å²) < 4.78 is 0. The zero-order chi connectivity index (χ0) is 11.0. The van der Waals surface area contributed by atoms with Crippen LogP contribution < -0.4 is 0 Å². The lowest BCUT2D eigenvalue weighted by molar-refractivity contribution is -0.173. The van der Waals surface area contributed by atoms with E-state index in [1.165, 1.54) is 0 Å². The van der Waals surface area contributed by atoms with E-state index < -0.39 is 11.8 Å². The third-order valence-electron chi connectivity index (χ3n) is 2.81. The minimum absolute atomic E-state index is 0.0796. The third kappa shape index (κ3) is 1.54. The van der Waals surface area contributed by atoms with Gasteiger partial charge in [0.05, 0.1) is 11.8 Å². The Morgan fingerprint density at radius 1 is 1.00 bits per heavy atom. The summed E-state index contributed by atoms with van der Waals surface area (Å²) in [5, 5.41) is 9.53. The summed E-state index contributed by atoms with van der Waals surface area (Å²) >= 11 is 0. The van der Waals surface area contributed by atoms with Gasteiger partial charge >= 0.3 is 0 Å². The van der Waals surface area contributed by atoms with Gasteiger partial charge in [0.2, 0.25) is 0 Å². The van der Waals surface area contributed by atoms with Crippen LogP contribution in [0.25, 0.3) is 0 Å². The first-order chi connectivity index (χ1) is 6.37. The van der Waals surface area contributed by atoms with Gasteiger partial charge in [-0.2, -0.15) is 5.06 Å². The van der Waals surface area contributed by atoms with E-state index in [0.29, 0.717) is 0 Å². The van der Waals surface area contributed by atoms with Crippen molar-refractivity contribution in [2.45, 2.75) is 27.7 Å². The van der Waals surface area contributed by atoms with Gasteiger partial charge in [-0.15, -0.1) is 0 Å². The lowest BCUT2D eigenvalue weighted by Gasteiger charge is -2.20. The van der Waals surface area contributed by atoms with Gasteiger partial charge in [0, 0.05) is 0 Å². The second kappa shape index (κ2) is 3.69. The lowest BCUT2D eigenvalue weighted by Crippen LogP contribution is -2.27. The van der Waals surface area contributed by atoms with E-state index in [4.69, 9.17) is 0 Å². The summed E-state index contributed by atoms with van der Waals surface area (Å²) in [5.74, 6) is -1.49. The van der Waals surface area contributed by atoms with Gasteiger partial charge in [-0.3, -0.25) is 14.8 Å². The molecule has 80 valence electrons. The van der Waals surface area contributed by atoms with Gasteiger partial charge in [0.25, 0.3) is 11.8 Å². The maximum absolute atomic E-state index is 11.5. The number of carbonyl (C=O) groups excluding carboxylic acids is 2. The molecule has 0 aromatic carbocycles. The molecule has 0 aliphatic carbocycles. The summed E-state index contributed by atoms with van der Waals surface area (Å²) in [4.78, 5) is 23.1. The summed E-state index contributed by atoms with van der Waals surface area (Å²) in [6, 6.07) is 0. The summed E-state index contributed by atoms with van der Waals surface area (Å²) in [6.45, 7) is 7.57. The highest BCUT2D eigenvalue weighted by atomic mass is 16.5. The normalized spacial score (nSPS) is 28.4. The molecule has 1 aliphatic rings. The van der Waals surface area contributed by atoms with Crippen molar-refractivity contribution in [3.05, 3.63) is 0 Å². The predicted octanol–water partition coefficient (Wildman–Crippen LogP) is 1.29. The standard InChI is InChI=1S/C10H17NO3/c1-5(2)7-8(6(3)4)10(13)11(14)9(7)12/h5-8,14H,1-4H3. The van der Waals surface area contributed by atoms with Gasteiger partial charge in [0.1, 0.15) is 0 Å². The van der Waals surface area contributed by atoms with Crippen molar-refractivity contribution in [1.82, 2.24) is 5.06 Å². The van der Waals surface area contributed by atoms with Gasteiger partial charge < -0.3 is 0 Å². The molecule has 2 amide bonds. The van der Waals surface area contributed by atoms with Crippen LogP contribution in [0.2, 0.25) is 0 Å². The minimum atomic E-state index is -0.455. The summed E-state index contributed by atoms with van der Waals surface area (Å²) in [6.07, 6.45) is 0. The molecule has 1 fully saturated rings. The molecule has 2 unspecified atom stereocenters. The van der Waals surface area contributed by atoms with E-state index in [-0.39, 0.29) is 28.7 Å². The van der Waals surface area contributed by atoms with Crippen LogP contribution in [0.1, 0.15) is 27.7 Å². The fraction of sp³-hybridized carbons (Fsp3) is 0.800. The highest BCUT2D eigenvalue weighted by Gasteiger charge is 2.49. The first-order valence-electron chi connectivity index (χ1n) is 4.94. The lowest BCUT2D eigenvalue weighted by atomic mass is 9.79. The molecule has 14 heavy (non-hydrogen) atoms. The van der Waals surface area contributed by atoms with Crippen molar-refractivity contribution in [3.8, 4) is 0 Å². The van der Waals surface area contributed by atoms with E-state index in [1.807, 2.05) is 27.7 Å². The quantitative estimate of drug-likeness (QED) is 0.538.